The fourth-order valence-electron chi connectivity index (χ4n) is 4.27. The average molecular weight is 426 g/mol. The predicted octanol–water partition coefficient (Wildman–Crippen LogP) is 3.99. The Bertz CT molecular complexity index is 936. The van der Waals surface area contributed by atoms with Gasteiger partial charge in [0, 0.05) is 27.8 Å². The van der Waals surface area contributed by atoms with E-state index in [1.165, 1.54) is 0 Å². The zero-order chi connectivity index (χ0) is 20.7. The van der Waals surface area contributed by atoms with Gasteiger partial charge in [0.05, 0.1) is 17.5 Å². The smallest absolute Gasteiger partial charge is 0.244 e. The van der Waals surface area contributed by atoms with Gasteiger partial charge in [-0.05, 0) is 59.6 Å². The molecular weight excluding hydrogens is 394 g/mol. The summed E-state index contributed by atoms with van der Waals surface area (Å²) in [6.07, 6.45) is 3.60. The van der Waals surface area contributed by atoms with E-state index in [0.29, 0.717) is 22.8 Å². The molecule has 1 unspecified atom stereocenters. The van der Waals surface area contributed by atoms with Crippen molar-refractivity contribution in [2.45, 2.75) is 82.8 Å². The van der Waals surface area contributed by atoms with Crippen molar-refractivity contribution in [2.24, 2.45) is 0 Å². The summed E-state index contributed by atoms with van der Waals surface area (Å²) in [4.78, 5) is 2.38. The van der Waals surface area contributed by atoms with Crippen LogP contribution in [0.15, 0.2) is 17.0 Å². The van der Waals surface area contributed by atoms with Gasteiger partial charge in [0.25, 0.3) is 0 Å². The quantitative estimate of drug-likeness (QED) is 0.703. The maximum Gasteiger partial charge on any atom is 0.244 e. The SMILES string of the molecule is Cc1nn(C(C)C)c(C)c1S(=O)(=O)NCC1(c2ccc(C(C)O)s2)CCCC1. The third kappa shape index (κ3) is 3.92. The number of aliphatic hydroxyl groups excluding tert-OH is 1. The van der Waals surface area contributed by atoms with Crippen LogP contribution in [0.2, 0.25) is 0 Å². The summed E-state index contributed by atoms with van der Waals surface area (Å²) < 4.78 is 31.0. The number of thiophene rings is 1. The monoisotopic (exact) mass is 425 g/mol. The molecule has 1 saturated carbocycles. The lowest BCUT2D eigenvalue weighted by molar-refractivity contribution is 0.203. The summed E-state index contributed by atoms with van der Waals surface area (Å²) in [5.74, 6) is 0. The molecule has 2 aromatic rings. The lowest BCUT2D eigenvalue weighted by Crippen LogP contribution is -2.38. The average Bonchev–Trinajstić information content (AvgIpc) is 3.31. The van der Waals surface area contributed by atoms with Gasteiger partial charge in [-0.3, -0.25) is 4.68 Å². The van der Waals surface area contributed by atoms with Gasteiger partial charge >= 0.3 is 0 Å². The number of rotatable bonds is 7. The van der Waals surface area contributed by atoms with Gasteiger partial charge in [-0.15, -0.1) is 11.3 Å². The Morgan fingerprint density at radius 2 is 1.89 bits per heavy atom. The number of sulfonamides is 1. The number of hydrogen-bond donors (Lipinski definition) is 2. The number of nitrogens with zero attached hydrogens (tertiary/aromatic N) is 2. The molecule has 6 nitrogen and oxygen atoms in total. The Hall–Kier alpha value is -1.22. The van der Waals surface area contributed by atoms with E-state index in [1.54, 1.807) is 29.9 Å². The van der Waals surface area contributed by atoms with Crippen LogP contribution in [0.5, 0.6) is 0 Å². The number of nitrogens with one attached hydrogen (secondary N) is 1. The van der Waals surface area contributed by atoms with Crippen molar-refractivity contribution in [2.75, 3.05) is 6.54 Å². The Balaban J connectivity index is 1.88. The third-order valence-corrected chi connectivity index (χ3v) is 8.89. The fourth-order valence-corrected chi connectivity index (χ4v) is 6.98. The molecule has 1 aliphatic rings. The summed E-state index contributed by atoms with van der Waals surface area (Å²) in [6, 6.07) is 4.12. The molecule has 2 heterocycles. The Morgan fingerprint density at radius 3 is 2.39 bits per heavy atom. The van der Waals surface area contributed by atoms with E-state index in [-0.39, 0.29) is 11.5 Å². The van der Waals surface area contributed by atoms with Crippen LogP contribution in [-0.2, 0) is 15.4 Å². The molecule has 2 N–H and O–H groups in total. The first-order valence-electron chi connectivity index (χ1n) is 9.91. The van der Waals surface area contributed by atoms with Gasteiger partial charge < -0.3 is 5.11 Å². The van der Waals surface area contributed by atoms with Gasteiger partial charge in [-0.25, -0.2) is 13.1 Å². The summed E-state index contributed by atoms with van der Waals surface area (Å²) in [5.41, 5.74) is 1.01. The van der Waals surface area contributed by atoms with E-state index in [2.05, 4.69) is 15.9 Å². The zero-order valence-electron chi connectivity index (χ0n) is 17.3. The van der Waals surface area contributed by atoms with E-state index in [9.17, 15) is 13.5 Å². The van der Waals surface area contributed by atoms with Crippen molar-refractivity contribution < 1.29 is 13.5 Å². The van der Waals surface area contributed by atoms with E-state index in [4.69, 9.17) is 0 Å². The molecule has 0 amide bonds. The normalized spacial score (nSPS) is 18.1. The molecule has 1 atom stereocenters. The molecule has 1 fully saturated rings. The minimum atomic E-state index is -3.66. The maximum atomic E-state index is 13.2. The minimum Gasteiger partial charge on any atom is -0.388 e. The number of aryl methyl sites for hydroxylation is 1. The molecule has 2 aromatic heterocycles. The van der Waals surface area contributed by atoms with Gasteiger partial charge in [0.1, 0.15) is 4.90 Å². The zero-order valence-corrected chi connectivity index (χ0v) is 19.0. The standard InChI is InChI=1S/C20H31N3O3S2/c1-13(2)23-15(4)19(14(3)22-23)28(25,26)21-12-20(10-6-7-11-20)18-9-8-17(27-18)16(5)24/h8-9,13,16,21,24H,6-7,10-12H2,1-5H3. The van der Waals surface area contributed by atoms with Crippen LogP contribution in [0.1, 0.15) is 79.7 Å². The Kier molecular flexibility index (Phi) is 6.06. The predicted molar refractivity (Wildman–Crippen MR) is 112 cm³/mol. The second-order valence-electron chi connectivity index (χ2n) is 8.23. The van der Waals surface area contributed by atoms with Crippen molar-refractivity contribution in [3.05, 3.63) is 33.3 Å². The second kappa shape index (κ2) is 7.89. The van der Waals surface area contributed by atoms with Crippen LogP contribution in [0.4, 0.5) is 0 Å². The van der Waals surface area contributed by atoms with Crippen LogP contribution in [0.3, 0.4) is 0 Å². The maximum absolute atomic E-state index is 13.2. The second-order valence-corrected chi connectivity index (χ2v) is 11.0. The number of aliphatic hydroxyl groups is 1. The molecule has 28 heavy (non-hydrogen) atoms. The van der Waals surface area contributed by atoms with Gasteiger partial charge in [0.2, 0.25) is 10.0 Å². The highest BCUT2D eigenvalue weighted by atomic mass is 32.2. The highest BCUT2D eigenvalue weighted by Gasteiger charge is 2.39. The molecule has 8 heteroatoms. The van der Waals surface area contributed by atoms with Gasteiger partial charge in [-0.2, -0.15) is 5.10 Å². The largest absolute Gasteiger partial charge is 0.388 e. The topological polar surface area (TPSA) is 84.2 Å². The Morgan fingerprint density at radius 1 is 1.25 bits per heavy atom. The van der Waals surface area contributed by atoms with E-state index in [1.807, 2.05) is 26.8 Å². The van der Waals surface area contributed by atoms with Crippen molar-refractivity contribution >= 4 is 21.4 Å². The molecule has 0 radical (unpaired) electrons. The summed E-state index contributed by atoms with van der Waals surface area (Å²) in [5, 5.41) is 14.3. The molecule has 0 spiro atoms. The van der Waals surface area contributed by atoms with E-state index >= 15 is 0 Å². The minimum absolute atomic E-state index is 0.105. The van der Waals surface area contributed by atoms with Gasteiger partial charge in [0.15, 0.2) is 0 Å². The Labute approximate surface area is 172 Å². The molecule has 3 rings (SSSR count). The van der Waals surface area contributed by atoms with Crippen LogP contribution >= 0.6 is 11.3 Å². The van der Waals surface area contributed by atoms with Crippen LogP contribution in [0, 0.1) is 13.8 Å². The highest BCUT2D eigenvalue weighted by Crippen LogP contribution is 2.44. The highest BCUT2D eigenvalue weighted by molar-refractivity contribution is 7.89. The first-order chi connectivity index (χ1) is 13.1. The third-order valence-electron chi connectivity index (χ3n) is 5.74. The van der Waals surface area contributed by atoms with Crippen molar-refractivity contribution in [3.63, 3.8) is 0 Å². The first-order valence-corrected chi connectivity index (χ1v) is 12.2. The van der Waals surface area contributed by atoms with E-state index < -0.39 is 16.1 Å². The summed E-state index contributed by atoms with van der Waals surface area (Å²) in [7, 11) is -3.66. The number of aromatic nitrogens is 2. The fraction of sp³-hybridized carbons (Fsp3) is 0.650. The van der Waals surface area contributed by atoms with E-state index in [0.717, 1.165) is 35.4 Å². The molecule has 0 aliphatic heterocycles. The summed E-state index contributed by atoms with van der Waals surface area (Å²) >= 11 is 1.60. The lowest BCUT2D eigenvalue weighted by Gasteiger charge is -2.28. The molecule has 0 aromatic carbocycles. The van der Waals surface area contributed by atoms with Crippen LogP contribution < -0.4 is 4.72 Å². The number of hydrogen-bond acceptors (Lipinski definition) is 5. The molecule has 0 saturated heterocycles. The molecule has 1 aliphatic carbocycles. The van der Waals surface area contributed by atoms with Gasteiger partial charge in [-0.1, -0.05) is 12.8 Å². The van der Waals surface area contributed by atoms with Crippen LogP contribution in [0.25, 0.3) is 0 Å². The summed E-state index contributed by atoms with van der Waals surface area (Å²) in [6.45, 7) is 9.69. The molecule has 156 valence electrons. The first kappa shape index (κ1) is 21.5. The molecular formula is C20H31N3O3S2. The van der Waals surface area contributed by atoms with Crippen molar-refractivity contribution in [1.82, 2.24) is 14.5 Å². The van der Waals surface area contributed by atoms with Crippen molar-refractivity contribution in [1.29, 1.82) is 0 Å². The van der Waals surface area contributed by atoms with Crippen molar-refractivity contribution in [3.8, 4) is 0 Å². The lowest BCUT2D eigenvalue weighted by atomic mass is 9.85. The molecule has 0 bridgehead atoms. The van der Waals surface area contributed by atoms with Crippen LogP contribution in [-0.4, -0.2) is 29.8 Å².